The van der Waals surface area contributed by atoms with Gasteiger partial charge in [-0.15, -0.1) is 0 Å². The molecular weight excluding hydrogens is 1770 g/mol. The second kappa shape index (κ2) is 54.3. The molecule has 0 bridgehead atoms. The number of benzene rings is 2. The number of ketones is 1. The molecule has 9 amide bonds. The van der Waals surface area contributed by atoms with Crippen LogP contribution in [0.15, 0.2) is 36.4 Å². The molecule has 5 aliphatic rings. The molecule has 5 heterocycles. The first-order chi connectivity index (χ1) is 62.2. The van der Waals surface area contributed by atoms with Crippen molar-refractivity contribution >= 4 is 72.5 Å². The van der Waals surface area contributed by atoms with Crippen molar-refractivity contribution in [3.63, 3.8) is 0 Å². The predicted octanol–water partition coefficient (Wildman–Crippen LogP) is -8.61. The molecule has 5 saturated heterocycles. The minimum Gasteiger partial charge on any atom is -0.756 e. The van der Waals surface area contributed by atoms with Crippen molar-refractivity contribution in [1.82, 2.24) is 42.1 Å². The molecule has 131 heavy (non-hydrogen) atoms. The van der Waals surface area contributed by atoms with E-state index in [0.29, 0.717) is 0 Å². The topological polar surface area (TPSA) is 714 Å². The predicted molar refractivity (Wildman–Crippen MR) is 446 cm³/mol. The molecular formula is C82H129N9O39P-. The summed E-state index contributed by atoms with van der Waals surface area (Å²) in [5.41, 5.74) is -2.97. The molecule has 0 spiro atoms. The highest BCUT2D eigenvalue weighted by Crippen LogP contribution is 2.49. The first-order valence-corrected chi connectivity index (χ1v) is 44.6. The summed E-state index contributed by atoms with van der Waals surface area (Å²) in [6, 6.07) is 5.82. The highest BCUT2D eigenvalue weighted by Gasteiger charge is 2.54. The first-order valence-electron chi connectivity index (χ1n) is 43.1. The van der Waals surface area contributed by atoms with Crippen LogP contribution in [0.3, 0.4) is 0 Å². The Labute approximate surface area is 755 Å². The maximum atomic E-state index is 14.3. The lowest BCUT2D eigenvalue weighted by Gasteiger charge is -2.40. The Hall–Kier alpha value is -7.55. The first kappa shape index (κ1) is 110. The molecule has 2 aromatic carbocycles. The van der Waals surface area contributed by atoms with E-state index in [0.717, 1.165) is 0 Å². The molecule has 5 fully saturated rings. The summed E-state index contributed by atoms with van der Waals surface area (Å²) in [4.78, 5) is 161. The Balaban J connectivity index is 1.00. The molecule has 0 radical (unpaired) electrons. The van der Waals surface area contributed by atoms with Crippen molar-refractivity contribution in [2.24, 2.45) is 34.5 Å². The van der Waals surface area contributed by atoms with E-state index in [2.05, 4.69) is 47.1 Å². The molecule has 48 nitrogen and oxygen atoms in total. The Morgan fingerprint density at radius 3 is 1.16 bits per heavy atom. The molecule has 6 unspecified atom stereocenters. The number of anilines is 1. The van der Waals surface area contributed by atoms with Crippen LogP contribution in [0.1, 0.15) is 114 Å². The highest BCUT2D eigenvalue weighted by atomic mass is 31.2. The van der Waals surface area contributed by atoms with Gasteiger partial charge in [0.1, 0.15) is 54.9 Å². The van der Waals surface area contributed by atoms with Crippen molar-refractivity contribution in [3.05, 3.63) is 64.2 Å². The third kappa shape index (κ3) is 33.7. The van der Waals surface area contributed by atoms with Crippen molar-refractivity contribution in [3.8, 4) is 0 Å². The number of carbonyl (C=O) groups is 10. The number of nitrogens with zero attached hydrogens (tertiary/aromatic N) is 1. The van der Waals surface area contributed by atoms with Gasteiger partial charge in [-0.2, -0.15) is 0 Å². The quantitative estimate of drug-likeness (QED) is 0.0216. The summed E-state index contributed by atoms with van der Waals surface area (Å²) in [6.07, 6.45) is -21.5. The van der Waals surface area contributed by atoms with Gasteiger partial charge in [-0.25, -0.2) is 0 Å². The number of ether oxygens (including phenoxy) is 12. The average Bonchev–Trinajstić information content (AvgIpc) is 1.60. The van der Waals surface area contributed by atoms with Gasteiger partial charge in [0.25, 0.3) is 31.5 Å². The Kier molecular flexibility index (Phi) is 45.8. The standard InChI is InChI=1S/C82H130N9O39P/c1-44-64(102)68(106)56(36-92)127-77(44)122-23-19-118-15-11-83-72(110)49-27-48(28-50(30-49)73(111)84-12-16-119-20-24-123-78-45(2)65(103)69(107)57(37-93)128-78)29-54(97)34-87-60(98)8-7-55(90-61(99)9-10-63(101)91-40-81(5,42-96)82(6,41-91)43-126-131(115,116)117)76(114)88-35-62(100)89-53-32-51(74(112)85-13-17-120-21-25-124-79-46(3)66(104)70(108)58(38-94)129-79)31-52(33-53)75(113)86-14-18-121-22-26-125-80-47(4)67(105)71(109)59(39-95)130-80/h27-28,30-33,44-47,55-59,64-71,77-80,92-96,102-109H,7-26,29,34-43H2,1-6H3,(H,83,110)(H,84,111)(H,85,112)(H,86,113)(H,87,98)(H,88,114)(H,89,100)(H,90,99)(H2,115,116,117)/p-1/t44-,45-,46-,47-,55?,56-,57-,58-,59-,64-,65-,66-,67-,68+,69+,70+,71+,77?,78?,79?,80?,81+,82-/m1/s1. The Bertz CT molecular complexity index is 3880. The largest absolute Gasteiger partial charge is 0.756 e. The summed E-state index contributed by atoms with van der Waals surface area (Å²) in [5.74, 6) is -10.8. The number of hydrogen-bond donors (Lipinski definition) is 22. The number of amides is 9. The number of likely N-dealkylation sites (tertiary alicyclic amines) is 1. The number of carbonyl (C=O) groups excluding carboxylic acids is 10. The van der Waals surface area contributed by atoms with Gasteiger partial charge in [-0.3, -0.25) is 52.5 Å². The number of phosphoric ester groups is 1. The molecule has 5 aliphatic heterocycles. The van der Waals surface area contributed by atoms with E-state index in [9.17, 15) is 129 Å². The number of aliphatic hydroxyl groups excluding tert-OH is 13. The van der Waals surface area contributed by atoms with E-state index in [1.54, 1.807) is 34.6 Å². The molecule has 0 aromatic heterocycles. The van der Waals surface area contributed by atoms with Gasteiger partial charge in [0.15, 0.2) is 30.9 Å². The zero-order valence-corrected chi connectivity index (χ0v) is 74.8. The third-order valence-electron chi connectivity index (χ3n) is 23.1. The summed E-state index contributed by atoms with van der Waals surface area (Å²) < 4.78 is 83.6. The van der Waals surface area contributed by atoms with Crippen LogP contribution in [0.2, 0.25) is 0 Å². The maximum absolute atomic E-state index is 14.3. The lowest BCUT2D eigenvalue weighted by atomic mass is 9.69. The summed E-state index contributed by atoms with van der Waals surface area (Å²) in [7, 11) is -5.26. The van der Waals surface area contributed by atoms with Crippen molar-refractivity contribution < 1.29 is 190 Å². The van der Waals surface area contributed by atoms with Gasteiger partial charge in [0.05, 0.1) is 156 Å². The highest BCUT2D eigenvalue weighted by molar-refractivity contribution is 7.44. The van der Waals surface area contributed by atoms with Gasteiger partial charge in [0, 0.05) is 127 Å². The summed E-state index contributed by atoms with van der Waals surface area (Å²) in [6.45, 7) is 2.97. The van der Waals surface area contributed by atoms with E-state index >= 15 is 0 Å². The van der Waals surface area contributed by atoms with Crippen molar-refractivity contribution in [1.29, 1.82) is 0 Å². The molecule has 24 atom stereocenters. The summed E-state index contributed by atoms with van der Waals surface area (Å²) in [5, 5.41) is 151. The van der Waals surface area contributed by atoms with E-state index in [1.807, 2.05) is 0 Å². The number of aliphatic hydroxyl groups is 13. The van der Waals surface area contributed by atoms with Crippen molar-refractivity contribution in [2.75, 3.05) is 177 Å². The van der Waals surface area contributed by atoms with Gasteiger partial charge in [-0.1, -0.05) is 41.5 Å². The second-order valence-electron chi connectivity index (χ2n) is 33.1. The minimum atomic E-state index is -5.26. The number of phosphoric acid groups is 1. The molecule has 0 aliphatic carbocycles. The number of hydrogen-bond acceptors (Lipinski definition) is 38. The van der Waals surface area contributed by atoms with E-state index in [1.165, 1.54) is 48.2 Å². The van der Waals surface area contributed by atoms with Crippen LogP contribution in [0.4, 0.5) is 5.69 Å². The van der Waals surface area contributed by atoms with Crippen molar-refractivity contribution in [2.45, 2.75) is 178 Å². The van der Waals surface area contributed by atoms with Crippen LogP contribution in [-0.2, 0) is 101 Å². The summed E-state index contributed by atoms with van der Waals surface area (Å²) >= 11 is 0. The number of Topliss-reactive ketones (excluding diaryl/α,β-unsaturated/α-hetero) is 1. The average molecular weight is 1900 g/mol. The lowest BCUT2D eigenvalue weighted by Crippen LogP contribution is -2.55. The van der Waals surface area contributed by atoms with E-state index in [-0.39, 0.29) is 152 Å². The Morgan fingerprint density at radius 1 is 0.450 bits per heavy atom. The molecule has 742 valence electrons. The van der Waals surface area contributed by atoms with Crippen LogP contribution in [0, 0.1) is 34.5 Å². The fourth-order valence-corrected chi connectivity index (χ4v) is 15.2. The van der Waals surface area contributed by atoms with Crippen LogP contribution < -0.4 is 47.4 Å². The second-order valence-corrected chi connectivity index (χ2v) is 34.3. The third-order valence-corrected chi connectivity index (χ3v) is 23.6. The zero-order valence-electron chi connectivity index (χ0n) is 73.9. The smallest absolute Gasteiger partial charge is 0.265 e. The normalized spacial score (nSPS) is 29.1. The maximum Gasteiger partial charge on any atom is 0.265 e. The fourth-order valence-electron chi connectivity index (χ4n) is 14.7. The van der Waals surface area contributed by atoms with E-state index in [4.69, 9.17) is 56.8 Å². The van der Waals surface area contributed by atoms with Gasteiger partial charge < -0.3 is 185 Å². The zero-order chi connectivity index (χ0) is 96.5. The van der Waals surface area contributed by atoms with Crippen LogP contribution in [-0.4, -0.2) is 411 Å². The van der Waals surface area contributed by atoms with E-state index < -0.39 is 291 Å². The van der Waals surface area contributed by atoms with Crippen LogP contribution in [0.5, 0.6) is 0 Å². The molecule has 0 saturated carbocycles. The molecule has 22 N–H and O–H groups in total. The number of nitrogens with one attached hydrogen (secondary N) is 8. The van der Waals surface area contributed by atoms with Crippen LogP contribution >= 0.6 is 7.82 Å². The number of rotatable bonds is 55. The van der Waals surface area contributed by atoms with Gasteiger partial charge in [-0.05, 0) is 48.4 Å². The fraction of sp³-hybridized carbons (Fsp3) is 0.732. The Morgan fingerprint density at radius 2 is 0.809 bits per heavy atom. The molecule has 49 heteroatoms. The van der Waals surface area contributed by atoms with Gasteiger partial charge >= 0.3 is 0 Å². The minimum absolute atomic E-state index is 0.0199. The molecule has 7 rings (SSSR count). The molecule has 2 aromatic rings. The lowest BCUT2D eigenvalue weighted by molar-refractivity contribution is -0.284. The monoisotopic (exact) mass is 1890 g/mol. The van der Waals surface area contributed by atoms with Gasteiger partial charge in [0.2, 0.25) is 29.5 Å². The van der Waals surface area contributed by atoms with Crippen LogP contribution in [0.25, 0.3) is 0 Å². The SMILES string of the molecule is C[C@H]1C(OCCOCCNC(=O)c2cc(CC(=O)CNC(=O)CCC(NC(=O)CCC(=O)N3C[C@](C)(COP(=O)([O-])O)[C@](C)(CO)C3)C(=O)NCC(=O)Nc3cc(C(=O)NCCOCCOC4O[C@H](CO)[C@H](O)[C@H](O)[C@H]4C)cc(C(=O)NCCOCCOC4O[C@H](CO)[C@H](O)[C@H](O)[C@H]4C)c3)cc(C(=O)NCCOCCOC3O[C@H](CO)[C@H](O)[C@H](O)[C@H]3C)c2)O[C@H](CO)[C@H](O)[C@@H]1O.